The molecular weight excluding hydrogens is 521 g/mol. The smallest absolute Gasteiger partial charge is 0.392 e. The molecule has 0 fully saturated rings. The van der Waals surface area contributed by atoms with Crippen molar-refractivity contribution in [3.05, 3.63) is 6.42 Å². The van der Waals surface area contributed by atoms with Gasteiger partial charge in [-0.1, -0.05) is 0 Å². The molecule has 0 heterocycles. The minimum Gasteiger partial charge on any atom is -0.392 e. The van der Waals surface area contributed by atoms with E-state index in [0.717, 1.165) is 0 Å². The van der Waals surface area contributed by atoms with E-state index < -0.39 is 73.0 Å². The van der Waals surface area contributed by atoms with Crippen LogP contribution in [0.3, 0.4) is 0 Å². The van der Waals surface area contributed by atoms with Gasteiger partial charge < -0.3 is 5.11 Å². The van der Waals surface area contributed by atoms with Crippen molar-refractivity contribution < 1.29 is 88.5 Å². The second-order valence-electron chi connectivity index (χ2n) is 6.01. The highest BCUT2D eigenvalue weighted by Gasteiger charge is 2.91. The standard InChI is InChI=1S/C12H6F19O/c13-4(8(21,22)23)7(19,20)10(26,27)12(30,31)11(28,29)9(24,25)5(14,15)1-3(32)2-6(16,17)18/h2-4,32H,1H2. The number of hydrogen-bond acceptors (Lipinski definition) is 1. The molecule has 1 N–H and O–H groups in total. The van der Waals surface area contributed by atoms with Gasteiger partial charge in [-0.2, -0.15) is 79.0 Å². The van der Waals surface area contributed by atoms with E-state index in [1.165, 1.54) is 0 Å². The van der Waals surface area contributed by atoms with Crippen molar-refractivity contribution in [3.63, 3.8) is 0 Å². The molecule has 0 amide bonds. The lowest BCUT2D eigenvalue weighted by Gasteiger charge is -2.42. The van der Waals surface area contributed by atoms with Gasteiger partial charge >= 0.3 is 47.9 Å². The normalized spacial score (nSPS) is 18.0. The highest BCUT2D eigenvalue weighted by atomic mass is 19.4. The van der Waals surface area contributed by atoms with Crippen molar-refractivity contribution >= 4 is 0 Å². The molecule has 1 radical (unpaired) electrons. The van der Waals surface area contributed by atoms with Gasteiger partial charge in [0, 0.05) is 6.42 Å². The largest absolute Gasteiger partial charge is 0.425 e. The van der Waals surface area contributed by atoms with Crippen LogP contribution < -0.4 is 0 Å². The Kier molecular flexibility index (Phi) is 7.79. The van der Waals surface area contributed by atoms with Gasteiger partial charge in [0.05, 0.1) is 12.5 Å². The maximum absolute atomic E-state index is 13.3. The van der Waals surface area contributed by atoms with E-state index in [4.69, 9.17) is 5.11 Å². The predicted octanol–water partition coefficient (Wildman–Crippen LogP) is 6.22. The molecule has 32 heavy (non-hydrogen) atoms. The zero-order valence-corrected chi connectivity index (χ0v) is 14.1. The minimum atomic E-state index is -8.56. The van der Waals surface area contributed by atoms with E-state index in [9.17, 15) is 83.4 Å². The van der Waals surface area contributed by atoms with Crippen LogP contribution in [-0.4, -0.2) is 65.3 Å². The summed E-state index contributed by atoms with van der Waals surface area (Å²) >= 11 is 0. The van der Waals surface area contributed by atoms with Crippen LogP contribution in [0.4, 0.5) is 83.4 Å². The lowest BCUT2D eigenvalue weighted by molar-refractivity contribution is -0.436. The summed E-state index contributed by atoms with van der Waals surface area (Å²) in [6, 6.07) is 0. The molecule has 0 rings (SSSR count). The van der Waals surface area contributed by atoms with Gasteiger partial charge in [0.25, 0.3) is 6.17 Å². The number of alkyl halides is 19. The molecular formula is C12H6F19O. The Bertz CT molecular complexity index is 644. The first kappa shape index (κ1) is 30.6. The Hall–Kier alpha value is -1.37. The number of aliphatic hydroxyl groups excluding tert-OH is 1. The molecule has 0 aliphatic heterocycles. The van der Waals surface area contributed by atoms with Crippen LogP contribution in [0, 0.1) is 6.42 Å². The fourth-order valence-corrected chi connectivity index (χ4v) is 1.87. The number of aliphatic hydroxyl groups is 1. The van der Waals surface area contributed by atoms with Gasteiger partial charge in [-0.3, -0.25) is 0 Å². The minimum absolute atomic E-state index is 1.58. The summed E-state index contributed by atoms with van der Waals surface area (Å²) in [5.41, 5.74) is 0. The zero-order chi connectivity index (χ0) is 26.6. The van der Waals surface area contributed by atoms with E-state index in [1.54, 1.807) is 0 Å². The quantitative estimate of drug-likeness (QED) is 0.354. The summed E-state index contributed by atoms with van der Waals surface area (Å²) in [6.45, 7) is 0. The van der Waals surface area contributed by atoms with Gasteiger partial charge in [0.15, 0.2) is 0 Å². The molecule has 0 aliphatic carbocycles. The second kappa shape index (κ2) is 8.14. The zero-order valence-electron chi connectivity index (χ0n) is 14.1. The third-order valence-corrected chi connectivity index (χ3v) is 3.51. The predicted molar refractivity (Wildman–Crippen MR) is 61.6 cm³/mol. The first-order chi connectivity index (χ1) is 13.5. The maximum Gasteiger partial charge on any atom is 0.425 e. The lowest BCUT2D eigenvalue weighted by atomic mass is 9.88. The molecule has 20 heteroatoms. The van der Waals surface area contributed by atoms with E-state index in [1.807, 2.05) is 0 Å². The van der Waals surface area contributed by atoms with Crippen LogP contribution in [0.25, 0.3) is 0 Å². The maximum atomic E-state index is 13.3. The summed E-state index contributed by atoms with van der Waals surface area (Å²) in [6.07, 6.45) is -28.3. The van der Waals surface area contributed by atoms with Crippen LogP contribution in [0.1, 0.15) is 6.42 Å². The number of halogens is 19. The third kappa shape index (κ3) is 5.07. The van der Waals surface area contributed by atoms with Gasteiger partial charge in [-0.25, -0.2) is 4.39 Å². The third-order valence-electron chi connectivity index (χ3n) is 3.51. The highest BCUT2D eigenvalue weighted by molar-refractivity contribution is 5.14. The average molecular weight is 527 g/mol. The molecule has 0 bridgehead atoms. The Morgan fingerprint density at radius 1 is 0.562 bits per heavy atom. The van der Waals surface area contributed by atoms with Crippen LogP contribution in [0.2, 0.25) is 0 Å². The van der Waals surface area contributed by atoms with Crippen molar-refractivity contribution in [2.45, 2.75) is 66.6 Å². The van der Waals surface area contributed by atoms with E-state index in [-0.39, 0.29) is 0 Å². The van der Waals surface area contributed by atoms with E-state index in [2.05, 4.69) is 0 Å². The van der Waals surface area contributed by atoms with Gasteiger partial charge in [0.1, 0.15) is 0 Å². The Morgan fingerprint density at radius 3 is 1.22 bits per heavy atom. The Balaban J connectivity index is 6.37. The van der Waals surface area contributed by atoms with Crippen LogP contribution >= 0.6 is 0 Å². The first-order valence-corrected chi connectivity index (χ1v) is 7.09. The van der Waals surface area contributed by atoms with Crippen LogP contribution in [0.15, 0.2) is 0 Å². The molecule has 193 valence electrons. The SMILES string of the molecule is OC([CH]C(F)(F)F)CC(F)(F)C(F)(F)C(F)(F)C(F)(F)C(F)(F)C(F)(F)C(F)C(F)(F)F. The fraction of sp³-hybridized carbons (Fsp3) is 0.917. The molecule has 0 aliphatic rings. The van der Waals surface area contributed by atoms with Crippen molar-refractivity contribution in [2.75, 3.05) is 0 Å². The molecule has 2 unspecified atom stereocenters. The molecule has 1 nitrogen and oxygen atoms in total. The van der Waals surface area contributed by atoms with Crippen molar-refractivity contribution in [1.29, 1.82) is 0 Å². The molecule has 0 aromatic rings. The highest BCUT2D eigenvalue weighted by Crippen LogP contribution is 2.62. The Labute approximate surface area is 163 Å². The monoisotopic (exact) mass is 527 g/mol. The summed E-state index contributed by atoms with van der Waals surface area (Å²) in [7, 11) is 0. The van der Waals surface area contributed by atoms with Gasteiger partial charge in [-0.15, -0.1) is 0 Å². The van der Waals surface area contributed by atoms with Crippen molar-refractivity contribution in [1.82, 2.24) is 0 Å². The van der Waals surface area contributed by atoms with E-state index in [0.29, 0.717) is 0 Å². The molecule has 0 saturated heterocycles. The molecule has 0 aromatic carbocycles. The van der Waals surface area contributed by atoms with Gasteiger partial charge in [-0.05, 0) is 0 Å². The van der Waals surface area contributed by atoms with Crippen molar-refractivity contribution in [2.24, 2.45) is 0 Å². The summed E-state index contributed by atoms with van der Waals surface area (Å²) in [5.74, 6) is -48.4. The molecule has 2 atom stereocenters. The molecule has 0 aromatic heterocycles. The fourth-order valence-electron chi connectivity index (χ4n) is 1.87. The number of rotatable bonds is 9. The molecule has 0 saturated carbocycles. The van der Waals surface area contributed by atoms with Crippen molar-refractivity contribution in [3.8, 4) is 0 Å². The first-order valence-electron chi connectivity index (χ1n) is 7.09. The average Bonchev–Trinajstić information content (AvgIpc) is 2.49. The van der Waals surface area contributed by atoms with Gasteiger partial charge in [0.2, 0.25) is 0 Å². The summed E-state index contributed by atoms with van der Waals surface area (Å²) < 4.78 is 242. The topological polar surface area (TPSA) is 20.2 Å². The second-order valence-corrected chi connectivity index (χ2v) is 6.01. The summed E-state index contributed by atoms with van der Waals surface area (Å²) in [5, 5.41) is 8.54. The van der Waals surface area contributed by atoms with E-state index >= 15 is 0 Å². The summed E-state index contributed by atoms with van der Waals surface area (Å²) in [4.78, 5) is 0. The van der Waals surface area contributed by atoms with Crippen LogP contribution in [0.5, 0.6) is 0 Å². The number of hydrogen-bond donors (Lipinski definition) is 1. The van der Waals surface area contributed by atoms with Crippen LogP contribution in [-0.2, 0) is 0 Å². The lowest BCUT2D eigenvalue weighted by Crippen LogP contribution is -2.72. The Morgan fingerprint density at radius 2 is 0.906 bits per heavy atom. The molecule has 0 spiro atoms.